The number of phosphoric ester groups is 1. The van der Waals surface area contributed by atoms with Crippen LogP contribution in [0, 0.1) is 11.8 Å². The van der Waals surface area contributed by atoms with Gasteiger partial charge in [-0.15, -0.1) is 0 Å². The molecular formula is C17H37O4P. The van der Waals surface area contributed by atoms with Gasteiger partial charge < -0.3 is 9.79 Å². The number of rotatable bonds is 14. The number of phosphoric acid groups is 1. The van der Waals surface area contributed by atoms with Crippen LogP contribution in [0.4, 0.5) is 0 Å². The van der Waals surface area contributed by atoms with E-state index in [2.05, 4.69) is 27.7 Å². The van der Waals surface area contributed by atoms with Crippen molar-refractivity contribution in [2.75, 3.05) is 0 Å². The fraction of sp³-hybridized carbons (Fsp3) is 1.00. The molecule has 0 aromatic heterocycles. The third-order valence-corrected chi connectivity index (χ3v) is 5.14. The molecule has 0 aromatic rings. The van der Waals surface area contributed by atoms with E-state index < -0.39 is 7.82 Å². The Morgan fingerprint density at radius 1 is 0.864 bits per heavy atom. The molecule has 0 heterocycles. The lowest BCUT2D eigenvalue weighted by molar-refractivity contribution is 0.0882. The summed E-state index contributed by atoms with van der Waals surface area (Å²) in [5.41, 5.74) is 0. The summed E-state index contributed by atoms with van der Waals surface area (Å²) in [7, 11) is -4.41. The Bertz CT molecular complexity index is 285. The van der Waals surface area contributed by atoms with Crippen molar-refractivity contribution in [3.63, 3.8) is 0 Å². The summed E-state index contributed by atoms with van der Waals surface area (Å²) >= 11 is 0. The molecule has 0 saturated heterocycles. The smallest absolute Gasteiger partial charge is 0.303 e. The highest BCUT2D eigenvalue weighted by molar-refractivity contribution is 7.46. The van der Waals surface area contributed by atoms with E-state index in [1.807, 2.05) is 0 Å². The van der Waals surface area contributed by atoms with Crippen molar-refractivity contribution in [1.29, 1.82) is 0 Å². The van der Waals surface area contributed by atoms with E-state index >= 15 is 0 Å². The molecule has 2 unspecified atom stereocenters. The predicted octanol–water partition coefficient (Wildman–Crippen LogP) is 5.68. The van der Waals surface area contributed by atoms with Gasteiger partial charge in [0.1, 0.15) is 0 Å². The molecule has 5 heteroatoms. The maximum Gasteiger partial charge on any atom is 0.469 e. The Labute approximate surface area is 137 Å². The highest BCUT2D eigenvalue weighted by Gasteiger charge is 2.26. The molecular weight excluding hydrogens is 299 g/mol. The van der Waals surface area contributed by atoms with Crippen molar-refractivity contribution in [2.45, 2.75) is 98.0 Å². The van der Waals surface area contributed by atoms with Gasteiger partial charge in [-0.1, -0.05) is 79.1 Å². The summed E-state index contributed by atoms with van der Waals surface area (Å²) < 4.78 is 16.4. The van der Waals surface area contributed by atoms with Gasteiger partial charge in [0.05, 0.1) is 6.10 Å². The van der Waals surface area contributed by atoms with Crippen LogP contribution >= 0.6 is 7.82 Å². The van der Waals surface area contributed by atoms with Gasteiger partial charge in [0, 0.05) is 0 Å². The molecule has 0 bridgehead atoms. The molecule has 22 heavy (non-hydrogen) atoms. The van der Waals surface area contributed by atoms with Gasteiger partial charge in [-0.25, -0.2) is 4.57 Å². The molecule has 134 valence electrons. The van der Waals surface area contributed by atoms with Crippen molar-refractivity contribution in [2.24, 2.45) is 11.8 Å². The molecule has 2 atom stereocenters. The van der Waals surface area contributed by atoms with E-state index in [1.54, 1.807) is 0 Å². The maximum atomic E-state index is 11.3. The van der Waals surface area contributed by atoms with E-state index in [-0.39, 0.29) is 6.10 Å². The monoisotopic (exact) mass is 336 g/mol. The molecule has 0 aliphatic rings. The van der Waals surface area contributed by atoms with Crippen molar-refractivity contribution < 1.29 is 18.9 Å². The zero-order valence-corrected chi connectivity index (χ0v) is 15.9. The van der Waals surface area contributed by atoms with E-state index in [9.17, 15) is 14.4 Å². The minimum Gasteiger partial charge on any atom is -0.303 e. The Balaban J connectivity index is 4.68. The summed E-state index contributed by atoms with van der Waals surface area (Å²) in [5, 5.41) is 0. The molecule has 0 amide bonds. The molecule has 2 N–H and O–H groups in total. The molecule has 0 saturated carbocycles. The van der Waals surface area contributed by atoms with Gasteiger partial charge in [-0.2, -0.15) is 0 Å². The number of hydrogen-bond acceptors (Lipinski definition) is 2. The molecule has 0 aliphatic carbocycles. The Hall–Kier alpha value is 0.110. The molecule has 0 aromatic carbocycles. The van der Waals surface area contributed by atoms with Crippen LogP contribution in [0.2, 0.25) is 0 Å². The first-order valence-electron chi connectivity index (χ1n) is 9.10. The van der Waals surface area contributed by atoms with Crippen LogP contribution in [0.5, 0.6) is 0 Å². The Kier molecular flexibility index (Phi) is 12.6. The van der Waals surface area contributed by atoms with Gasteiger partial charge in [0.25, 0.3) is 0 Å². The lowest BCUT2D eigenvalue weighted by Gasteiger charge is -2.26. The first-order valence-corrected chi connectivity index (χ1v) is 10.6. The summed E-state index contributed by atoms with van der Waals surface area (Å²) in [4.78, 5) is 18.4. The highest BCUT2D eigenvalue weighted by atomic mass is 31.2. The molecule has 0 radical (unpaired) electrons. The molecule has 0 aliphatic heterocycles. The van der Waals surface area contributed by atoms with E-state index in [1.165, 1.54) is 12.8 Å². The maximum absolute atomic E-state index is 11.3. The average molecular weight is 336 g/mol. The predicted molar refractivity (Wildman–Crippen MR) is 92.8 cm³/mol. The fourth-order valence-electron chi connectivity index (χ4n) is 3.08. The van der Waals surface area contributed by atoms with Crippen LogP contribution in [0.15, 0.2) is 0 Å². The lowest BCUT2D eigenvalue weighted by Crippen LogP contribution is -2.20. The normalized spacial score (nSPS) is 16.5. The minimum absolute atomic E-state index is 0.315. The molecule has 0 fully saturated rings. The third kappa shape index (κ3) is 11.6. The van der Waals surface area contributed by atoms with Crippen LogP contribution in [-0.2, 0) is 9.09 Å². The van der Waals surface area contributed by atoms with Gasteiger partial charge in [0.2, 0.25) is 0 Å². The largest absolute Gasteiger partial charge is 0.469 e. The second-order valence-corrected chi connectivity index (χ2v) is 7.71. The Morgan fingerprint density at radius 3 is 1.55 bits per heavy atom. The van der Waals surface area contributed by atoms with Crippen LogP contribution in [0.3, 0.4) is 0 Å². The van der Waals surface area contributed by atoms with E-state index in [0.717, 1.165) is 51.4 Å². The zero-order chi connectivity index (χ0) is 17.0. The fourth-order valence-corrected chi connectivity index (χ4v) is 3.64. The van der Waals surface area contributed by atoms with Crippen LogP contribution in [-0.4, -0.2) is 15.9 Å². The second-order valence-electron chi connectivity index (χ2n) is 6.52. The highest BCUT2D eigenvalue weighted by Crippen LogP contribution is 2.41. The van der Waals surface area contributed by atoms with Gasteiger partial charge >= 0.3 is 7.82 Å². The average Bonchev–Trinajstić information content (AvgIpc) is 2.45. The SMILES string of the molecule is CCCCC(CC)CC(CC(CC)CCCC)OP(=O)(O)O. The zero-order valence-electron chi connectivity index (χ0n) is 15.0. The molecule has 4 nitrogen and oxygen atoms in total. The van der Waals surface area contributed by atoms with E-state index in [4.69, 9.17) is 4.52 Å². The Morgan fingerprint density at radius 2 is 1.27 bits per heavy atom. The van der Waals surface area contributed by atoms with Gasteiger partial charge in [-0.05, 0) is 24.7 Å². The van der Waals surface area contributed by atoms with Gasteiger partial charge in [0.15, 0.2) is 0 Å². The van der Waals surface area contributed by atoms with Crippen molar-refractivity contribution >= 4 is 7.82 Å². The summed E-state index contributed by atoms with van der Waals surface area (Å²) in [5.74, 6) is 1.00. The molecule has 0 rings (SSSR count). The van der Waals surface area contributed by atoms with Crippen molar-refractivity contribution in [1.82, 2.24) is 0 Å². The summed E-state index contributed by atoms with van der Waals surface area (Å²) in [6, 6.07) is 0. The second kappa shape index (κ2) is 12.5. The minimum atomic E-state index is -4.41. The van der Waals surface area contributed by atoms with Crippen molar-refractivity contribution in [3.05, 3.63) is 0 Å². The lowest BCUT2D eigenvalue weighted by atomic mass is 9.87. The van der Waals surface area contributed by atoms with Crippen LogP contribution in [0.1, 0.15) is 91.9 Å². The quantitative estimate of drug-likeness (QED) is 0.401. The number of unbranched alkanes of at least 4 members (excludes halogenated alkanes) is 2. The first-order chi connectivity index (χ1) is 10.4. The third-order valence-electron chi connectivity index (χ3n) is 4.57. The number of hydrogen-bond donors (Lipinski definition) is 2. The standard InChI is InChI=1S/C17H37O4P/c1-5-9-11-15(7-3)13-17(21-22(18,19)20)14-16(8-4)12-10-6-2/h15-17H,5-14H2,1-4H3,(H2,18,19,20). The van der Waals surface area contributed by atoms with Crippen molar-refractivity contribution in [3.8, 4) is 0 Å². The van der Waals surface area contributed by atoms with Crippen LogP contribution < -0.4 is 0 Å². The topological polar surface area (TPSA) is 66.8 Å². The van der Waals surface area contributed by atoms with Gasteiger partial charge in [-0.3, -0.25) is 4.52 Å². The first kappa shape index (κ1) is 22.1. The summed E-state index contributed by atoms with van der Waals surface area (Å²) in [6.45, 7) is 8.66. The van der Waals surface area contributed by atoms with Crippen LogP contribution in [0.25, 0.3) is 0 Å². The summed E-state index contributed by atoms with van der Waals surface area (Å²) in [6.07, 6.45) is 10.2. The molecule has 0 spiro atoms. The van der Waals surface area contributed by atoms with E-state index in [0.29, 0.717) is 11.8 Å².